The largest absolute Gasteiger partial charge is 0.464 e. The van der Waals surface area contributed by atoms with Gasteiger partial charge in [0.1, 0.15) is 13.5 Å². The molecule has 1 aliphatic rings. The third-order valence-corrected chi connectivity index (χ3v) is 2.03. The topological polar surface area (TPSA) is 72.5 Å². The molecule has 0 aliphatic carbocycles. The highest BCUT2D eigenvalue weighted by molar-refractivity contribution is 5.89. The molecular weight excluding hydrogens is 198 g/mol. The third kappa shape index (κ3) is 1.99. The summed E-state index contributed by atoms with van der Waals surface area (Å²) >= 11 is 0. The van der Waals surface area contributed by atoms with E-state index in [4.69, 9.17) is 4.74 Å². The number of methoxy groups -OCH3 is 1. The van der Waals surface area contributed by atoms with Crippen molar-refractivity contribution in [3.63, 3.8) is 0 Å². The van der Waals surface area contributed by atoms with Crippen molar-refractivity contribution in [1.82, 2.24) is 4.98 Å². The van der Waals surface area contributed by atoms with Gasteiger partial charge in [0.2, 0.25) is 0 Å². The molecule has 2 rings (SSSR count). The Morgan fingerprint density at radius 2 is 2.27 bits per heavy atom. The Labute approximate surface area is 89.6 Å². The highest BCUT2D eigenvalue weighted by Gasteiger charge is 2.12. The molecule has 0 saturated carbocycles. The summed E-state index contributed by atoms with van der Waals surface area (Å²) in [5.41, 5.74) is 1.86. The smallest absolute Gasteiger partial charge is 0.356 e. The van der Waals surface area contributed by atoms with Crippen LogP contribution in [0.1, 0.15) is 13.3 Å². The number of carbonyl (C=O) groups is 1. The van der Waals surface area contributed by atoms with Crippen LogP contribution in [0.4, 0.5) is 11.4 Å². The van der Waals surface area contributed by atoms with E-state index in [-0.39, 0.29) is 8.55 Å². The molecule has 0 aromatic carbocycles. The number of rotatable bonds is 1. The molecule has 1 aliphatic heterocycles. The Balaban J connectivity index is 0.00000128. The molecule has 0 atom stereocenters. The molecule has 0 amide bonds. The molecule has 0 spiro atoms. The molecule has 84 valence electrons. The van der Waals surface area contributed by atoms with Crippen molar-refractivity contribution in [3.8, 4) is 0 Å². The molecular formula is C9H15N3O3. The van der Waals surface area contributed by atoms with Crippen molar-refractivity contribution < 1.29 is 17.1 Å². The number of hydrogen-bond donors (Lipinski definition) is 2. The van der Waals surface area contributed by atoms with Crippen LogP contribution in [0.2, 0.25) is 0 Å². The van der Waals surface area contributed by atoms with Crippen LogP contribution in [0.3, 0.4) is 0 Å². The highest BCUT2D eigenvalue weighted by atomic mass is 16.5. The number of fused-ring (bicyclic) bond motifs is 1. The highest BCUT2D eigenvalue weighted by Crippen LogP contribution is 2.22. The van der Waals surface area contributed by atoms with Crippen molar-refractivity contribution in [2.45, 2.75) is 0 Å². The lowest BCUT2D eigenvalue weighted by Crippen LogP contribution is -2.06. The van der Waals surface area contributed by atoms with Crippen LogP contribution in [0.25, 0.3) is 0 Å². The second-order valence-electron chi connectivity index (χ2n) is 2.95. The summed E-state index contributed by atoms with van der Waals surface area (Å²) in [5, 5.41) is 6.02. The minimum atomic E-state index is -0.454. The second kappa shape index (κ2) is 4.14. The number of hydrogen-bond acceptors (Lipinski definition) is 6. The summed E-state index contributed by atoms with van der Waals surface area (Å²) in [6.07, 6.45) is 1.57. The fourth-order valence-corrected chi connectivity index (χ4v) is 1.27. The van der Waals surface area contributed by atoms with Crippen LogP contribution in [0.15, 0.2) is 12.3 Å². The first kappa shape index (κ1) is 9.72. The molecule has 1 aromatic rings. The zero-order valence-electron chi connectivity index (χ0n) is 8.24. The average molecular weight is 213 g/mol. The summed E-state index contributed by atoms with van der Waals surface area (Å²) in [6.45, 7) is 0.809. The predicted octanol–water partition coefficient (Wildman–Crippen LogP) is 1.13. The van der Waals surface area contributed by atoms with E-state index >= 15 is 0 Å². The first-order valence-corrected chi connectivity index (χ1v) is 4.45. The van der Waals surface area contributed by atoms with Gasteiger partial charge in [0, 0.05) is 2.85 Å². The SMILES string of the molecule is COC(=O)c1cc2c(cn1)NCOCN2.[HH].[HH]. The molecule has 0 bridgehead atoms. The van der Waals surface area contributed by atoms with E-state index in [0.717, 1.165) is 11.4 Å². The zero-order chi connectivity index (χ0) is 10.7. The van der Waals surface area contributed by atoms with E-state index in [1.165, 1.54) is 7.11 Å². The lowest BCUT2D eigenvalue weighted by Gasteiger charge is -2.07. The molecule has 0 saturated heterocycles. The summed E-state index contributed by atoms with van der Waals surface area (Å²) in [6, 6.07) is 1.63. The van der Waals surface area contributed by atoms with Crippen molar-refractivity contribution in [3.05, 3.63) is 18.0 Å². The molecule has 2 N–H and O–H groups in total. The zero-order valence-corrected chi connectivity index (χ0v) is 8.24. The Kier molecular flexibility index (Phi) is 2.68. The van der Waals surface area contributed by atoms with E-state index in [9.17, 15) is 4.79 Å². The maximum Gasteiger partial charge on any atom is 0.356 e. The maximum atomic E-state index is 11.2. The summed E-state index contributed by atoms with van der Waals surface area (Å²) in [4.78, 5) is 15.2. The van der Waals surface area contributed by atoms with E-state index in [0.29, 0.717) is 13.5 Å². The number of aromatic nitrogens is 1. The number of nitrogens with one attached hydrogen (secondary N) is 2. The summed E-state index contributed by atoms with van der Waals surface area (Å²) in [5.74, 6) is -0.454. The Morgan fingerprint density at radius 1 is 1.53 bits per heavy atom. The Hall–Kier alpha value is -1.82. The van der Waals surface area contributed by atoms with Crippen LogP contribution >= 0.6 is 0 Å². The van der Waals surface area contributed by atoms with Gasteiger partial charge in [-0.3, -0.25) is 0 Å². The standard InChI is InChI=1S/C9H11N3O3.2H2/c1-14-9(13)7-2-6-8(3-10-7)12-5-15-4-11-6;;/h2-3,11-12H,4-5H2,1H3;2*1H. The summed E-state index contributed by atoms with van der Waals surface area (Å²) in [7, 11) is 1.32. The molecule has 1 aromatic heterocycles. The van der Waals surface area contributed by atoms with Crippen molar-refractivity contribution in [1.29, 1.82) is 0 Å². The van der Waals surface area contributed by atoms with E-state index in [1.54, 1.807) is 12.3 Å². The molecule has 0 unspecified atom stereocenters. The minimum absolute atomic E-state index is 0. The molecule has 0 fully saturated rings. The predicted molar refractivity (Wildman–Crippen MR) is 57.9 cm³/mol. The second-order valence-corrected chi connectivity index (χ2v) is 2.95. The number of anilines is 2. The lowest BCUT2D eigenvalue weighted by molar-refractivity contribution is 0.0594. The number of carbonyl (C=O) groups excluding carboxylic acids is 1. The van der Waals surface area contributed by atoms with Crippen molar-refractivity contribution in [2.75, 3.05) is 31.2 Å². The van der Waals surface area contributed by atoms with E-state index in [2.05, 4.69) is 20.4 Å². The number of esters is 1. The third-order valence-electron chi connectivity index (χ3n) is 2.03. The van der Waals surface area contributed by atoms with Crippen molar-refractivity contribution >= 4 is 17.3 Å². The van der Waals surface area contributed by atoms with Crippen LogP contribution in [-0.2, 0) is 9.47 Å². The molecule has 6 heteroatoms. The molecule has 2 heterocycles. The quantitative estimate of drug-likeness (QED) is 0.681. The molecule has 0 radical (unpaired) electrons. The Bertz CT molecular complexity index is 390. The minimum Gasteiger partial charge on any atom is -0.464 e. The summed E-state index contributed by atoms with van der Waals surface area (Å²) < 4.78 is 9.72. The number of ether oxygens (including phenoxy) is 2. The van der Waals surface area contributed by atoms with Gasteiger partial charge in [0.15, 0.2) is 5.69 Å². The van der Waals surface area contributed by atoms with Crippen LogP contribution in [0, 0.1) is 0 Å². The van der Waals surface area contributed by atoms with Crippen LogP contribution in [0.5, 0.6) is 0 Å². The van der Waals surface area contributed by atoms with Gasteiger partial charge in [-0.25, -0.2) is 9.78 Å². The van der Waals surface area contributed by atoms with Gasteiger partial charge in [-0.05, 0) is 6.07 Å². The van der Waals surface area contributed by atoms with Gasteiger partial charge in [0.25, 0.3) is 0 Å². The number of nitrogens with zero attached hydrogens (tertiary/aromatic N) is 1. The average Bonchev–Trinajstić information content (AvgIpc) is 2.51. The van der Waals surface area contributed by atoms with Crippen LogP contribution < -0.4 is 10.6 Å². The monoisotopic (exact) mass is 213 g/mol. The maximum absolute atomic E-state index is 11.2. The number of pyridine rings is 1. The van der Waals surface area contributed by atoms with Crippen LogP contribution in [-0.4, -0.2) is 31.5 Å². The Morgan fingerprint density at radius 3 is 3.00 bits per heavy atom. The van der Waals surface area contributed by atoms with Gasteiger partial charge in [-0.15, -0.1) is 0 Å². The van der Waals surface area contributed by atoms with Gasteiger partial charge < -0.3 is 20.1 Å². The normalized spacial score (nSPS) is 14.2. The lowest BCUT2D eigenvalue weighted by atomic mass is 10.3. The van der Waals surface area contributed by atoms with E-state index in [1.807, 2.05) is 0 Å². The fraction of sp³-hybridized carbons (Fsp3) is 0.333. The first-order valence-electron chi connectivity index (χ1n) is 4.45. The fourth-order valence-electron chi connectivity index (χ4n) is 1.27. The molecule has 6 nitrogen and oxygen atoms in total. The van der Waals surface area contributed by atoms with Gasteiger partial charge in [0.05, 0.1) is 24.7 Å². The van der Waals surface area contributed by atoms with Gasteiger partial charge >= 0.3 is 5.97 Å². The molecule has 15 heavy (non-hydrogen) atoms. The van der Waals surface area contributed by atoms with Gasteiger partial charge in [-0.2, -0.15) is 0 Å². The van der Waals surface area contributed by atoms with Crippen molar-refractivity contribution in [2.24, 2.45) is 0 Å². The van der Waals surface area contributed by atoms with E-state index < -0.39 is 5.97 Å². The first-order chi connectivity index (χ1) is 7.31. The van der Waals surface area contributed by atoms with Gasteiger partial charge in [-0.1, -0.05) is 0 Å².